The summed E-state index contributed by atoms with van der Waals surface area (Å²) in [5.74, 6) is 1.71. The Kier molecular flexibility index (Phi) is 4.95. The molecule has 0 amide bonds. The third-order valence-electron chi connectivity index (χ3n) is 4.81. The van der Waals surface area contributed by atoms with Crippen LogP contribution in [-0.2, 0) is 0 Å². The van der Waals surface area contributed by atoms with Crippen LogP contribution in [0.3, 0.4) is 0 Å². The van der Waals surface area contributed by atoms with Crippen LogP contribution >= 0.6 is 0 Å². The van der Waals surface area contributed by atoms with E-state index < -0.39 is 0 Å². The minimum atomic E-state index is 0.413. The molecule has 0 radical (unpaired) electrons. The van der Waals surface area contributed by atoms with E-state index in [9.17, 15) is 0 Å². The second-order valence-electron chi connectivity index (χ2n) is 7.33. The maximum absolute atomic E-state index is 7.40. The Hall–Kier alpha value is -2.86. The molecule has 0 aliphatic heterocycles. The predicted octanol–water partition coefficient (Wildman–Crippen LogP) is 6.65. The van der Waals surface area contributed by atoms with Gasteiger partial charge in [-0.2, -0.15) is 0 Å². The van der Waals surface area contributed by atoms with E-state index in [1.807, 2.05) is 31.5 Å². The number of hydrogen-bond acceptors (Lipinski definition) is 1. The van der Waals surface area contributed by atoms with Crippen molar-refractivity contribution in [2.45, 2.75) is 46.5 Å². The van der Waals surface area contributed by atoms with Crippen molar-refractivity contribution >= 4 is 5.69 Å². The van der Waals surface area contributed by atoms with E-state index in [0.717, 1.165) is 17.0 Å². The molecule has 0 fully saturated rings. The average Bonchev–Trinajstić information content (AvgIpc) is 3.10. The Morgan fingerprint density at radius 2 is 1.65 bits per heavy atom. The van der Waals surface area contributed by atoms with Crippen LogP contribution in [0.5, 0.6) is 0 Å². The van der Waals surface area contributed by atoms with Crippen LogP contribution in [0, 0.1) is 13.5 Å². The van der Waals surface area contributed by atoms with Gasteiger partial charge in [-0.05, 0) is 41.5 Å². The number of aromatic nitrogens is 2. The second kappa shape index (κ2) is 7.17. The van der Waals surface area contributed by atoms with E-state index in [-0.39, 0.29) is 0 Å². The van der Waals surface area contributed by atoms with Crippen molar-refractivity contribution in [2.75, 3.05) is 0 Å². The molecule has 0 aliphatic carbocycles. The first-order chi connectivity index (χ1) is 12.4. The monoisotopic (exact) mass is 343 g/mol. The van der Waals surface area contributed by atoms with E-state index >= 15 is 0 Å². The lowest BCUT2D eigenvalue weighted by molar-refractivity contribution is 0.807. The Labute approximate surface area is 156 Å². The summed E-state index contributed by atoms with van der Waals surface area (Å²) in [5, 5.41) is 0. The Balaban J connectivity index is 2.26. The molecular weight excluding hydrogens is 318 g/mol. The van der Waals surface area contributed by atoms with Crippen LogP contribution in [0.25, 0.3) is 21.9 Å². The fraction of sp³-hybridized carbons (Fsp3) is 0.304. The molecule has 0 aliphatic rings. The van der Waals surface area contributed by atoms with E-state index in [4.69, 9.17) is 6.57 Å². The van der Waals surface area contributed by atoms with E-state index in [2.05, 4.69) is 66.4 Å². The lowest BCUT2D eigenvalue weighted by Crippen LogP contribution is -2.07. The number of rotatable bonds is 4. The van der Waals surface area contributed by atoms with Gasteiger partial charge in [0, 0.05) is 18.0 Å². The summed E-state index contributed by atoms with van der Waals surface area (Å²) in [6, 6.07) is 12.5. The summed E-state index contributed by atoms with van der Waals surface area (Å²) < 4.78 is 2.18. The molecule has 0 bridgehead atoms. The second-order valence-corrected chi connectivity index (χ2v) is 7.33. The van der Waals surface area contributed by atoms with Crippen molar-refractivity contribution in [1.82, 2.24) is 9.55 Å². The highest BCUT2D eigenvalue weighted by Gasteiger charge is 2.18. The molecule has 0 saturated carbocycles. The van der Waals surface area contributed by atoms with Crippen molar-refractivity contribution in [3.05, 3.63) is 76.9 Å². The van der Waals surface area contributed by atoms with Gasteiger partial charge in [-0.1, -0.05) is 58.0 Å². The SMILES string of the molecule is [C-]#[N+]c1cc(-c2nccn2-c2c(C(C)C)cccc2C(C)C)ccc1C. The fourth-order valence-corrected chi connectivity index (χ4v) is 3.36. The summed E-state index contributed by atoms with van der Waals surface area (Å²) in [6.07, 6.45) is 3.87. The Morgan fingerprint density at radius 1 is 1.00 bits per heavy atom. The van der Waals surface area contributed by atoms with E-state index in [1.165, 1.54) is 16.8 Å². The van der Waals surface area contributed by atoms with Crippen molar-refractivity contribution in [2.24, 2.45) is 0 Å². The maximum Gasteiger partial charge on any atom is 0.190 e. The van der Waals surface area contributed by atoms with Gasteiger partial charge in [0.05, 0.1) is 12.3 Å². The molecule has 0 unspecified atom stereocenters. The van der Waals surface area contributed by atoms with E-state index in [1.54, 1.807) is 0 Å². The molecular formula is C23H25N3. The minimum absolute atomic E-state index is 0.413. The van der Waals surface area contributed by atoms with Gasteiger partial charge in [0.2, 0.25) is 0 Å². The molecule has 0 spiro atoms. The summed E-state index contributed by atoms with van der Waals surface area (Å²) in [7, 11) is 0. The zero-order chi connectivity index (χ0) is 18.8. The Morgan fingerprint density at radius 3 is 2.23 bits per heavy atom. The van der Waals surface area contributed by atoms with Gasteiger partial charge in [0.25, 0.3) is 0 Å². The number of nitrogens with zero attached hydrogens (tertiary/aromatic N) is 3. The molecule has 3 rings (SSSR count). The highest BCUT2D eigenvalue weighted by molar-refractivity contribution is 5.68. The van der Waals surface area contributed by atoms with Crippen LogP contribution in [0.15, 0.2) is 48.8 Å². The summed E-state index contributed by atoms with van der Waals surface area (Å²) in [5.41, 5.74) is 6.49. The van der Waals surface area contributed by atoms with Crippen molar-refractivity contribution in [3.8, 4) is 17.1 Å². The molecule has 26 heavy (non-hydrogen) atoms. The zero-order valence-electron chi connectivity index (χ0n) is 16.1. The highest BCUT2D eigenvalue weighted by atomic mass is 15.1. The van der Waals surface area contributed by atoms with Gasteiger partial charge in [0.1, 0.15) is 5.82 Å². The summed E-state index contributed by atoms with van der Waals surface area (Å²) in [4.78, 5) is 8.28. The average molecular weight is 343 g/mol. The van der Waals surface area contributed by atoms with Crippen LogP contribution in [-0.4, -0.2) is 9.55 Å². The van der Waals surface area contributed by atoms with Crippen molar-refractivity contribution < 1.29 is 0 Å². The van der Waals surface area contributed by atoms with Gasteiger partial charge >= 0.3 is 0 Å². The maximum atomic E-state index is 7.40. The van der Waals surface area contributed by atoms with Gasteiger partial charge in [-0.25, -0.2) is 9.83 Å². The van der Waals surface area contributed by atoms with Crippen LogP contribution < -0.4 is 0 Å². The standard InChI is InChI=1S/C23H25N3/c1-15(2)19-8-7-9-20(16(3)4)22(19)26-13-12-25-23(26)18-11-10-17(5)21(14-18)24-6/h7-16H,1-5H3. The summed E-state index contributed by atoms with van der Waals surface area (Å²) in [6.45, 7) is 18.3. The fourth-order valence-electron chi connectivity index (χ4n) is 3.36. The molecule has 3 heteroatoms. The quantitative estimate of drug-likeness (QED) is 0.486. The van der Waals surface area contributed by atoms with Gasteiger partial charge in [0.15, 0.2) is 5.69 Å². The number of aryl methyl sites for hydroxylation is 1. The normalized spacial score (nSPS) is 11.2. The predicted molar refractivity (Wildman–Crippen MR) is 108 cm³/mol. The number of benzene rings is 2. The van der Waals surface area contributed by atoms with E-state index in [0.29, 0.717) is 17.5 Å². The summed E-state index contributed by atoms with van der Waals surface area (Å²) >= 11 is 0. The van der Waals surface area contributed by atoms with Crippen molar-refractivity contribution in [1.29, 1.82) is 0 Å². The van der Waals surface area contributed by atoms with Gasteiger partial charge in [-0.15, -0.1) is 0 Å². The van der Waals surface area contributed by atoms with Gasteiger partial charge in [-0.3, -0.25) is 4.57 Å². The number of hydrogen-bond donors (Lipinski definition) is 0. The van der Waals surface area contributed by atoms with Crippen LogP contribution in [0.1, 0.15) is 56.2 Å². The lowest BCUT2D eigenvalue weighted by atomic mass is 9.92. The van der Waals surface area contributed by atoms with Crippen LogP contribution in [0.2, 0.25) is 0 Å². The molecule has 3 nitrogen and oxygen atoms in total. The smallest absolute Gasteiger partial charge is 0.190 e. The number of imidazole rings is 1. The molecule has 132 valence electrons. The zero-order valence-corrected chi connectivity index (χ0v) is 16.1. The molecule has 1 heterocycles. The highest BCUT2D eigenvalue weighted by Crippen LogP contribution is 2.34. The third-order valence-corrected chi connectivity index (χ3v) is 4.81. The number of para-hydroxylation sites is 1. The minimum Gasteiger partial charge on any atom is -0.299 e. The molecule has 0 N–H and O–H groups in total. The van der Waals surface area contributed by atoms with Gasteiger partial charge < -0.3 is 0 Å². The largest absolute Gasteiger partial charge is 0.299 e. The Bertz CT molecular complexity index is 945. The van der Waals surface area contributed by atoms with Crippen LogP contribution in [0.4, 0.5) is 5.69 Å². The van der Waals surface area contributed by atoms with Crippen molar-refractivity contribution in [3.63, 3.8) is 0 Å². The lowest BCUT2D eigenvalue weighted by Gasteiger charge is -2.22. The topological polar surface area (TPSA) is 22.2 Å². The molecule has 3 aromatic rings. The molecule has 0 atom stereocenters. The molecule has 0 saturated heterocycles. The first-order valence-electron chi connectivity index (χ1n) is 9.09. The first-order valence-corrected chi connectivity index (χ1v) is 9.09. The third kappa shape index (κ3) is 3.15. The first kappa shape index (κ1) is 17.9. The molecule has 2 aromatic carbocycles. The molecule has 1 aromatic heterocycles.